The highest BCUT2D eigenvalue weighted by Gasteiger charge is 2.43. The number of aromatic nitrogens is 2. The Morgan fingerprint density at radius 1 is 1.32 bits per heavy atom. The minimum Gasteiger partial charge on any atom is -0.385 e. The summed E-state index contributed by atoms with van der Waals surface area (Å²) in [5.41, 5.74) is 3.79. The molecule has 0 spiro atoms. The number of nitrogens with one attached hydrogen (secondary N) is 1. The third-order valence-electron chi connectivity index (χ3n) is 4.26. The van der Waals surface area contributed by atoms with Crippen LogP contribution < -0.4 is 5.32 Å². The van der Waals surface area contributed by atoms with Crippen molar-refractivity contribution in [1.29, 1.82) is 0 Å². The zero-order valence-corrected chi connectivity index (χ0v) is 11.1. The normalized spacial score (nSPS) is 19.6. The molecule has 0 amide bonds. The van der Waals surface area contributed by atoms with Gasteiger partial charge in [0.05, 0.1) is 0 Å². The first-order valence-electron chi connectivity index (χ1n) is 6.96. The van der Waals surface area contributed by atoms with Crippen LogP contribution in [0.5, 0.6) is 0 Å². The Morgan fingerprint density at radius 3 is 3.05 bits per heavy atom. The van der Waals surface area contributed by atoms with Crippen molar-refractivity contribution in [2.24, 2.45) is 0 Å². The van der Waals surface area contributed by atoms with Crippen LogP contribution in [0.2, 0.25) is 0 Å². The van der Waals surface area contributed by atoms with Crippen LogP contribution in [0.4, 0.5) is 5.69 Å². The highest BCUT2D eigenvalue weighted by atomic mass is 16.5. The number of rotatable bonds is 2. The Hall–Kier alpha value is -1.84. The van der Waals surface area contributed by atoms with Gasteiger partial charge in [-0.2, -0.15) is 4.98 Å². The van der Waals surface area contributed by atoms with Gasteiger partial charge in [-0.1, -0.05) is 12.1 Å². The predicted molar refractivity (Wildman–Crippen MR) is 73.1 cm³/mol. The zero-order valence-electron chi connectivity index (χ0n) is 11.1. The highest BCUT2D eigenvalue weighted by Crippen LogP contribution is 2.46. The van der Waals surface area contributed by atoms with Crippen molar-refractivity contribution >= 4 is 5.69 Å². The molecule has 98 valence electrons. The van der Waals surface area contributed by atoms with Crippen molar-refractivity contribution in [1.82, 2.24) is 10.1 Å². The third kappa shape index (κ3) is 1.82. The van der Waals surface area contributed by atoms with E-state index >= 15 is 0 Å². The summed E-state index contributed by atoms with van der Waals surface area (Å²) in [5.74, 6) is 1.51. The van der Waals surface area contributed by atoms with Crippen LogP contribution in [0.25, 0.3) is 11.5 Å². The molecule has 1 N–H and O–H groups in total. The van der Waals surface area contributed by atoms with Gasteiger partial charge in [-0.3, -0.25) is 0 Å². The summed E-state index contributed by atoms with van der Waals surface area (Å²) < 4.78 is 5.43. The number of nitrogens with zero attached hydrogens (tertiary/aromatic N) is 2. The van der Waals surface area contributed by atoms with Crippen LogP contribution in [0.3, 0.4) is 0 Å². The number of hydrogen-bond donors (Lipinski definition) is 1. The van der Waals surface area contributed by atoms with Crippen LogP contribution in [0.15, 0.2) is 22.7 Å². The van der Waals surface area contributed by atoms with E-state index in [1.165, 1.54) is 30.5 Å². The maximum absolute atomic E-state index is 5.43. The molecule has 1 saturated carbocycles. The fourth-order valence-electron chi connectivity index (χ4n) is 2.60. The van der Waals surface area contributed by atoms with E-state index in [1.807, 2.05) is 0 Å². The first-order valence-corrected chi connectivity index (χ1v) is 6.96. The Balaban J connectivity index is 1.70. The highest BCUT2D eigenvalue weighted by molar-refractivity contribution is 5.63. The van der Waals surface area contributed by atoms with Crippen LogP contribution in [-0.2, 0) is 11.8 Å². The summed E-state index contributed by atoms with van der Waals surface area (Å²) >= 11 is 0. The number of hydrogen-bond acceptors (Lipinski definition) is 4. The molecule has 2 aliphatic rings. The molecular formula is C15H17N3O. The first kappa shape index (κ1) is 11.0. The van der Waals surface area contributed by atoms with Crippen molar-refractivity contribution in [3.05, 3.63) is 29.6 Å². The molecule has 4 heteroatoms. The van der Waals surface area contributed by atoms with Crippen LogP contribution in [0, 0.1) is 0 Å². The smallest absolute Gasteiger partial charge is 0.257 e. The van der Waals surface area contributed by atoms with Gasteiger partial charge in [0.15, 0.2) is 5.82 Å². The maximum Gasteiger partial charge on any atom is 0.257 e. The van der Waals surface area contributed by atoms with Crippen molar-refractivity contribution in [3.8, 4) is 11.5 Å². The van der Waals surface area contributed by atoms with E-state index in [-0.39, 0.29) is 5.41 Å². The third-order valence-corrected chi connectivity index (χ3v) is 4.26. The van der Waals surface area contributed by atoms with E-state index in [0.29, 0.717) is 5.89 Å². The average molecular weight is 255 g/mol. The largest absolute Gasteiger partial charge is 0.385 e. The summed E-state index contributed by atoms with van der Waals surface area (Å²) in [4.78, 5) is 4.56. The zero-order chi connectivity index (χ0) is 12.9. The van der Waals surface area contributed by atoms with Crippen molar-refractivity contribution < 1.29 is 4.52 Å². The van der Waals surface area contributed by atoms with Crippen LogP contribution in [0.1, 0.15) is 37.6 Å². The fraction of sp³-hybridized carbons (Fsp3) is 0.467. The second kappa shape index (κ2) is 3.83. The summed E-state index contributed by atoms with van der Waals surface area (Å²) in [5, 5.41) is 7.55. The quantitative estimate of drug-likeness (QED) is 0.895. The number of benzene rings is 1. The second-order valence-corrected chi connectivity index (χ2v) is 5.89. The molecule has 19 heavy (non-hydrogen) atoms. The van der Waals surface area contributed by atoms with Gasteiger partial charge in [0.1, 0.15) is 0 Å². The maximum atomic E-state index is 5.43. The van der Waals surface area contributed by atoms with Gasteiger partial charge in [-0.25, -0.2) is 0 Å². The van der Waals surface area contributed by atoms with E-state index in [4.69, 9.17) is 4.52 Å². The molecule has 0 saturated heterocycles. The van der Waals surface area contributed by atoms with Gasteiger partial charge in [-0.05, 0) is 49.4 Å². The van der Waals surface area contributed by atoms with E-state index in [1.54, 1.807) is 0 Å². The van der Waals surface area contributed by atoms with Crippen molar-refractivity contribution in [2.45, 2.75) is 38.0 Å². The molecule has 2 aromatic rings. The summed E-state index contributed by atoms with van der Waals surface area (Å²) in [6, 6.07) is 6.35. The molecule has 1 aromatic carbocycles. The monoisotopic (exact) mass is 255 g/mol. The molecule has 1 fully saturated rings. The lowest BCUT2D eigenvalue weighted by molar-refractivity contribution is 0.416. The molecule has 1 aliphatic heterocycles. The Bertz CT molecular complexity index is 628. The van der Waals surface area contributed by atoms with Crippen LogP contribution >= 0.6 is 0 Å². The number of anilines is 1. The SMILES string of the molecule is CC1(c2noc(-c3ccc4c(c3)CCCN4)n2)CC1. The molecule has 1 aromatic heterocycles. The molecule has 0 radical (unpaired) electrons. The lowest BCUT2D eigenvalue weighted by Gasteiger charge is -2.17. The molecule has 4 nitrogen and oxygen atoms in total. The van der Waals surface area contributed by atoms with Gasteiger partial charge >= 0.3 is 0 Å². The van der Waals surface area contributed by atoms with Crippen LogP contribution in [-0.4, -0.2) is 16.7 Å². The predicted octanol–water partition coefficient (Wildman–Crippen LogP) is 3.15. The van der Waals surface area contributed by atoms with Crippen molar-refractivity contribution in [2.75, 3.05) is 11.9 Å². The van der Waals surface area contributed by atoms with Gasteiger partial charge in [-0.15, -0.1) is 0 Å². The molecule has 2 heterocycles. The molecule has 4 rings (SSSR count). The average Bonchev–Trinajstić information content (AvgIpc) is 3.02. The summed E-state index contributed by atoms with van der Waals surface area (Å²) in [6.45, 7) is 3.26. The minimum absolute atomic E-state index is 0.164. The summed E-state index contributed by atoms with van der Waals surface area (Å²) in [7, 11) is 0. The number of fused-ring (bicyclic) bond motifs is 1. The molecule has 1 aliphatic carbocycles. The van der Waals surface area contributed by atoms with E-state index in [0.717, 1.165) is 24.4 Å². The van der Waals surface area contributed by atoms with Gasteiger partial charge in [0.25, 0.3) is 5.89 Å². The van der Waals surface area contributed by atoms with Crippen molar-refractivity contribution in [3.63, 3.8) is 0 Å². The molecular weight excluding hydrogens is 238 g/mol. The second-order valence-electron chi connectivity index (χ2n) is 5.89. The first-order chi connectivity index (χ1) is 9.24. The molecule has 0 bridgehead atoms. The standard InChI is InChI=1S/C15H17N3O/c1-15(6-7-15)14-17-13(19-18-14)11-4-5-12-10(9-11)3-2-8-16-12/h4-5,9,16H,2-3,6-8H2,1H3. The van der Waals surface area contributed by atoms with Gasteiger partial charge in [0.2, 0.25) is 0 Å². The topological polar surface area (TPSA) is 51.0 Å². The van der Waals surface area contributed by atoms with E-state index < -0.39 is 0 Å². The lowest BCUT2D eigenvalue weighted by Crippen LogP contribution is -2.11. The minimum atomic E-state index is 0.164. The molecule has 0 atom stereocenters. The fourth-order valence-corrected chi connectivity index (χ4v) is 2.60. The van der Waals surface area contributed by atoms with Gasteiger partial charge in [0, 0.05) is 23.2 Å². The Labute approximate surface area is 112 Å². The molecule has 0 unspecified atom stereocenters. The number of aryl methyl sites for hydroxylation is 1. The van der Waals surface area contributed by atoms with E-state index in [2.05, 4.69) is 40.6 Å². The Kier molecular flexibility index (Phi) is 2.22. The lowest BCUT2D eigenvalue weighted by atomic mass is 10.0. The Morgan fingerprint density at radius 2 is 2.21 bits per heavy atom. The summed E-state index contributed by atoms with van der Waals surface area (Å²) in [6.07, 6.45) is 4.64. The van der Waals surface area contributed by atoms with Gasteiger partial charge < -0.3 is 9.84 Å². The van der Waals surface area contributed by atoms with E-state index in [9.17, 15) is 0 Å².